The molecule has 0 radical (unpaired) electrons. The van der Waals surface area contributed by atoms with Crippen molar-refractivity contribution in [2.75, 3.05) is 13.2 Å². The Morgan fingerprint density at radius 1 is 1.15 bits per heavy atom. The summed E-state index contributed by atoms with van der Waals surface area (Å²) >= 11 is 0. The van der Waals surface area contributed by atoms with Gasteiger partial charge in [-0.2, -0.15) is 8.78 Å². The first-order chi connectivity index (χ1) is 13.0. The van der Waals surface area contributed by atoms with Crippen LogP contribution in [0.5, 0.6) is 11.5 Å². The number of benzene rings is 2. The Bertz CT molecular complexity index is 763. The van der Waals surface area contributed by atoms with E-state index in [9.17, 15) is 13.6 Å². The number of nitrogens with one attached hydrogen (secondary N) is 1. The van der Waals surface area contributed by atoms with E-state index in [2.05, 4.69) is 10.1 Å². The molecule has 0 aromatic heterocycles. The lowest BCUT2D eigenvalue weighted by molar-refractivity contribution is -0.116. The zero-order valence-corrected chi connectivity index (χ0v) is 15.3. The number of carbonyl (C=O) groups is 1. The van der Waals surface area contributed by atoms with Gasteiger partial charge in [-0.25, -0.2) is 0 Å². The molecule has 6 heteroatoms. The average molecular weight is 375 g/mol. The summed E-state index contributed by atoms with van der Waals surface area (Å²) in [6.07, 6.45) is 2.99. The van der Waals surface area contributed by atoms with E-state index < -0.39 is 6.61 Å². The Hall–Kier alpha value is -2.89. The molecule has 0 heterocycles. The second-order valence-corrected chi connectivity index (χ2v) is 5.91. The van der Waals surface area contributed by atoms with Crippen molar-refractivity contribution in [3.8, 4) is 11.5 Å². The van der Waals surface area contributed by atoms with Crippen molar-refractivity contribution in [1.82, 2.24) is 5.32 Å². The van der Waals surface area contributed by atoms with Gasteiger partial charge in [0.2, 0.25) is 5.91 Å². The lowest BCUT2D eigenvalue weighted by atomic mass is 10.0. The summed E-state index contributed by atoms with van der Waals surface area (Å²) in [5.74, 6) is 0.130. The third-order valence-corrected chi connectivity index (χ3v) is 3.86. The normalized spacial score (nSPS) is 12.2. The molecular formula is C21H23F2NO3. The van der Waals surface area contributed by atoms with Crippen LogP contribution in [0.2, 0.25) is 0 Å². The first-order valence-corrected chi connectivity index (χ1v) is 8.72. The summed E-state index contributed by atoms with van der Waals surface area (Å²) in [4.78, 5) is 12.0. The van der Waals surface area contributed by atoms with Crippen LogP contribution in [-0.4, -0.2) is 25.7 Å². The summed E-state index contributed by atoms with van der Waals surface area (Å²) in [7, 11) is 0. The van der Waals surface area contributed by atoms with Crippen molar-refractivity contribution in [3.63, 3.8) is 0 Å². The van der Waals surface area contributed by atoms with Crippen LogP contribution in [0.4, 0.5) is 8.78 Å². The monoisotopic (exact) mass is 375 g/mol. The average Bonchev–Trinajstić information content (AvgIpc) is 2.66. The van der Waals surface area contributed by atoms with Gasteiger partial charge in [0.15, 0.2) is 11.5 Å². The van der Waals surface area contributed by atoms with Crippen LogP contribution in [0.15, 0.2) is 54.6 Å². The molecule has 1 N–H and O–H groups in total. The number of alkyl halides is 2. The molecule has 2 rings (SSSR count). The molecule has 0 bridgehead atoms. The lowest BCUT2D eigenvalue weighted by Gasteiger charge is -2.12. The fourth-order valence-electron chi connectivity index (χ4n) is 2.47. The van der Waals surface area contributed by atoms with E-state index in [0.717, 1.165) is 5.56 Å². The molecule has 0 aliphatic carbocycles. The summed E-state index contributed by atoms with van der Waals surface area (Å²) in [6, 6.07) is 14.4. The molecular weight excluding hydrogens is 352 g/mol. The highest BCUT2D eigenvalue weighted by molar-refractivity contribution is 5.91. The van der Waals surface area contributed by atoms with Crippen molar-refractivity contribution in [2.45, 2.75) is 26.4 Å². The van der Waals surface area contributed by atoms with E-state index in [-0.39, 0.29) is 23.3 Å². The predicted molar refractivity (Wildman–Crippen MR) is 101 cm³/mol. The Kier molecular flexibility index (Phi) is 7.79. The molecule has 0 spiro atoms. The summed E-state index contributed by atoms with van der Waals surface area (Å²) < 4.78 is 34.6. The molecule has 1 amide bonds. The van der Waals surface area contributed by atoms with E-state index in [1.54, 1.807) is 25.1 Å². The summed E-state index contributed by atoms with van der Waals surface area (Å²) in [5, 5.41) is 2.85. The predicted octanol–water partition coefficient (Wildman–Crippen LogP) is 4.62. The zero-order chi connectivity index (χ0) is 19.6. The number of amides is 1. The van der Waals surface area contributed by atoms with Crippen LogP contribution < -0.4 is 14.8 Å². The van der Waals surface area contributed by atoms with Gasteiger partial charge in [-0.3, -0.25) is 4.79 Å². The molecule has 1 unspecified atom stereocenters. The largest absolute Gasteiger partial charge is 0.490 e. The molecule has 0 aliphatic rings. The van der Waals surface area contributed by atoms with E-state index in [1.165, 1.54) is 12.1 Å². The quantitative estimate of drug-likeness (QED) is 0.651. The van der Waals surface area contributed by atoms with Gasteiger partial charge in [-0.15, -0.1) is 0 Å². The first kappa shape index (κ1) is 20.4. The third kappa shape index (κ3) is 6.73. The Morgan fingerprint density at radius 2 is 1.89 bits per heavy atom. The van der Waals surface area contributed by atoms with E-state index in [0.29, 0.717) is 18.7 Å². The van der Waals surface area contributed by atoms with Crippen LogP contribution in [0.25, 0.3) is 6.08 Å². The van der Waals surface area contributed by atoms with Gasteiger partial charge in [0.25, 0.3) is 0 Å². The maximum absolute atomic E-state index is 12.4. The van der Waals surface area contributed by atoms with Crippen LogP contribution in [0.1, 0.15) is 30.9 Å². The van der Waals surface area contributed by atoms with Gasteiger partial charge in [0, 0.05) is 12.6 Å². The van der Waals surface area contributed by atoms with Crippen molar-refractivity contribution in [2.24, 2.45) is 0 Å². The molecule has 2 aromatic rings. The van der Waals surface area contributed by atoms with Crippen LogP contribution in [0, 0.1) is 0 Å². The van der Waals surface area contributed by atoms with Crippen LogP contribution in [-0.2, 0) is 4.79 Å². The van der Waals surface area contributed by atoms with Gasteiger partial charge in [-0.1, -0.05) is 43.3 Å². The minimum atomic E-state index is -2.93. The minimum absolute atomic E-state index is 0.0369. The number of hydrogen-bond donors (Lipinski definition) is 1. The highest BCUT2D eigenvalue weighted by atomic mass is 19.3. The van der Waals surface area contributed by atoms with E-state index in [4.69, 9.17) is 4.74 Å². The SMILES string of the molecule is CCOc1cc(/C=C/C(=O)NCC(C)c2ccccc2)ccc1OC(F)F. The number of carbonyl (C=O) groups excluding carboxylic acids is 1. The van der Waals surface area contributed by atoms with Crippen LogP contribution in [0.3, 0.4) is 0 Å². The molecule has 1 atom stereocenters. The van der Waals surface area contributed by atoms with Crippen molar-refractivity contribution < 1.29 is 23.0 Å². The molecule has 0 saturated heterocycles. The highest BCUT2D eigenvalue weighted by Crippen LogP contribution is 2.30. The third-order valence-electron chi connectivity index (χ3n) is 3.86. The molecule has 4 nitrogen and oxygen atoms in total. The molecule has 144 valence electrons. The van der Waals surface area contributed by atoms with Crippen molar-refractivity contribution in [3.05, 3.63) is 65.7 Å². The van der Waals surface area contributed by atoms with Gasteiger partial charge in [0.05, 0.1) is 6.61 Å². The molecule has 27 heavy (non-hydrogen) atoms. The number of halogens is 2. The van der Waals surface area contributed by atoms with E-state index >= 15 is 0 Å². The molecule has 0 aliphatic heterocycles. The standard InChI is InChI=1S/C21H23F2NO3/c1-3-26-19-13-16(9-11-18(19)27-21(22)23)10-12-20(25)24-14-15(2)17-7-5-4-6-8-17/h4-13,15,21H,3,14H2,1-2H3,(H,24,25)/b12-10+. The second-order valence-electron chi connectivity index (χ2n) is 5.91. The Morgan fingerprint density at radius 3 is 2.56 bits per heavy atom. The lowest BCUT2D eigenvalue weighted by Crippen LogP contribution is -2.25. The fourth-order valence-corrected chi connectivity index (χ4v) is 2.47. The minimum Gasteiger partial charge on any atom is -0.490 e. The molecule has 2 aromatic carbocycles. The maximum Gasteiger partial charge on any atom is 0.387 e. The van der Waals surface area contributed by atoms with Gasteiger partial charge in [0.1, 0.15) is 0 Å². The van der Waals surface area contributed by atoms with Gasteiger partial charge in [-0.05, 0) is 42.2 Å². The Labute approximate surface area is 157 Å². The first-order valence-electron chi connectivity index (χ1n) is 8.72. The highest BCUT2D eigenvalue weighted by Gasteiger charge is 2.11. The summed E-state index contributed by atoms with van der Waals surface area (Å²) in [6.45, 7) is 1.68. The van der Waals surface area contributed by atoms with E-state index in [1.807, 2.05) is 37.3 Å². The summed E-state index contributed by atoms with van der Waals surface area (Å²) in [5.41, 5.74) is 1.80. The van der Waals surface area contributed by atoms with Gasteiger partial charge < -0.3 is 14.8 Å². The topological polar surface area (TPSA) is 47.6 Å². The molecule has 0 fully saturated rings. The Balaban J connectivity index is 1.95. The number of rotatable bonds is 9. The van der Waals surface area contributed by atoms with Crippen LogP contribution >= 0.6 is 0 Å². The van der Waals surface area contributed by atoms with Crippen molar-refractivity contribution in [1.29, 1.82) is 0 Å². The second kappa shape index (κ2) is 10.3. The number of ether oxygens (including phenoxy) is 2. The zero-order valence-electron chi connectivity index (χ0n) is 15.3. The van der Waals surface area contributed by atoms with Crippen molar-refractivity contribution >= 4 is 12.0 Å². The van der Waals surface area contributed by atoms with Gasteiger partial charge >= 0.3 is 6.61 Å². The number of hydrogen-bond acceptors (Lipinski definition) is 3. The molecule has 0 saturated carbocycles. The fraction of sp³-hybridized carbons (Fsp3) is 0.286. The smallest absolute Gasteiger partial charge is 0.387 e. The maximum atomic E-state index is 12.4.